The number of hydrogen-bond donors (Lipinski definition) is 1. The first-order valence-electron chi connectivity index (χ1n) is 7.96. The van der Waals surface area contributed by atoms with E-state index >= 15 is 0 Å². The molecule has 0 saturated carbocycles. The Labute approximate surface area is 139 Å². The van der Waals surface area contributed by atoms with Crippen molar-refractivity contribution in [3.63, 3.8) is 0 Å². The highest BCUT2D eigenvalue weighted by Gasteiger charge is 2.27. The van der Waals surface area contributed by atoms with Crippen LogP contribution in [-0.2, 0) is 12.8 Å². The van der Waals surface area contributed by atoms with Gasteiger partial charge in [-0.1, -0.05) is 35.5 Å². The molecule has 1 amide bonds. The maximum absolute atomic E-state index is 12.6. The summed E-state index contributed by atoms with van der Waals surface area (Å²) in [6, 6.07) is 9.92. The Morgan fingerprint density at radius 1 is 1.39 bits per heavy atom. The van der Waals surface area contributed by atoms with Gasteiger partial charge in [-0.2, -0.15) is 4.91 Å². The van der Waals surface area contributed by atoms with Crippen LogP contribution >= 0.6 is 11.3 Å². The van der Waals surface area contributed by atoms with Crippen LogP contribution in [0.15, 0.2) is 40.9 Å². The minimum absolute atomic E-state index is 0.0440. The van der Waals surface area contributed by atoms with Gasteiger partial charge in [0.25, 0.3) is 5.91 Å². The lowest BCUT2D eigenvalue weighted by Gasteiger charge is -2.18. The molecular weight excluding hydrogens is 308 g/mol. The molecule has 0 bridgehead atoms. The van der Waals surface area contributed by atoms with Crippen LogP contribution in [0.25, 0.3) is 0 Å². The summed E-state index contributed by atoms with van der Waals surface area (Å²) < 4.78 is 0. The third-order valence-corrected chi connectivity index (χ3v) is 5.39. The van der Waals surface area contributed by atoms with E-state index in [4.69, 9.17) is 0 Å². The molecule has 5 heteroatoms. The van der Waals surface area contributed by atoms with Crippen molar-refractivity contribution in [2.75, 3.05) is 0 Å². The number of carbonyl (C=O) groups is 1. The standard InChI is InChI=1S/C18H20N2O2S/c1-12(10-13-6-3-2-4-7-13)19-18(21)15-11-23-17-14(15)8-5-9-16(17)20-22/h2-4,6-7,11-12,16H,5,8-10H2,1H3,(H,19,21). The Kier molecular flexibility index (Phi) is 4.86. The molecule has 120 valence electrons. The third-order valence-electron chi connectivity index (χ3n) is 4.27. The molecule has 0 saturated heterocycles. The topological polar surface area (TPSA) is 58.5 Å². The molecule has 0 fully saturated rings. The maximum atomic E-state index is 12.6. The van der Waals surface area contributed by atoms with Gasteiger partial charge in [0.2, 0.25) is 0 Å². The van der Waals surface area contributed by atoms with Crippen LogP contribution in [0.3, 0.4) is 0 Å². The number of nitrogens with zero attached hydrogens (tertiary/aromatic N) is 1. The second-order valence-corrected chi connectivity index (χ2v) is 6.98. The molecule has 0 radical (unpaired) electrons. The zero-order valence-electron chi connectivity index (χ0n) is 13.1. The highest BCUT2D eigenvalue weighted by Crippen LogP contribution is 2.38. The van der Waals surface area contributed by atoms with Crippen LogP contribution in [0.1, 0.15) is 52.2 Å². The lowest BCUT2D eigenvalue weighted by Crippen LogP contribution is -2.34. The van der Waals surface area contributed by atoms with E-state index in [0.29, 0.717) is 0 Å². The normalized spacial score (nSPS) is 18.0. The predicted molar refractivity (Wildman–Crippen MR) is 92.9 cm³/mol. The Morgan fingerprint density at radius 2 is 2.17 bits per heavy atom. The minimum Gasteiger partial charge on any atom is -0.349 e. The number of nitrogens with one attached hydrogen (secondary N) is 1. The molecule has 2 unspecified atom stereocenters. The molecular formula is C18H20N2O2S. The average molecular weight is 328 g/mol. The van der Waals surface area contributed by atoms with Crippen molar-refractivity contribution >= 4 is 17.2 Å². The van der Waals surface area contributed by atoms with E-state index in [2.05, 4.69) is 22.6 Å². The Morgan fingerprint density at radius 3 is 2.91 bits per heavy atom. The molecule has 0 spiro atoms. The van der Waals surface area contributed by atoms with Crippen molar-refractivity contribution < 1.29 is 4.79 Å². The molecule has 1 N–H and O–H groups in total. The Bertz CT molecular complexity index is 696. The first kappa shape index (κ1) is 15.9. The van der Waals surface area contributed by atoms with E-state index in [-0.39, 0.29) is 18.0 Å². The Hall–Kier alpha value is -2.01. The van der Waals surface area contributed by atoms with Gasteiger partial charge in [0, 0.05) is 16.3 Å². The molecule has 0 aliphatic heterocycles. The van der Waals surface area contributed by atoms with Gasteiger partial charge in [-0.25, -0.2) is 0 Å². The largest absolute Gasteiger partial charge is 0.349 e. The second-order valence-electron chi connectivity index (χ2n) is 6.07. The second kappa shape index (κ2) is 7.04. The fourth-order valence-corrected chi connectivity index (χ4v) is 4.32. The van der Waals surface area contributed by atoms with E-state index in [1.807, 2.05) is 30.5 Å². The summed E-state index contributed by atoms with van der Waals surface area (Å²) in [5.41, 5.74) is 2.95. The SMILES string of the molecule is CC(Cc1ccccc1)NC(=O)c1csc2c1CCCC2N=O. The molecule has 2 aromatic rings. The molecule has 4 nitrogen and oxygen atoms in total. The van der Waals surface area contributed by atoms with E-state index in [9.17, 15) is 9.70 Å². The predicted octanol–water partition coefficient (Wildman–Crippen LogP) is 4.25. The molecule has 2 atom stereocenters. The number of amides is 1. The molecule has 1 aliphatic carbocycles. The van der Waals surface area contributed by atoms with Crippen molar-refractivity contribution in [2.45, 2.75) is 44.7 Å². The molecule has 1 aromatic carbocycles. The van der Waals surface area contributed by atoms with Gasteiger partial charge in [-0.05, 0) is 43.7 Å². The smallest absolute Gasteiger partial charge is 0.252 e. The zero-order valence-corrected chi connectivity index (χ0v) is 13.9. The van der Waals surface area contributed by atoms with Gasteiger partial charge < -0.3 is 5.32 Å². The van der Waals surface area contributed by atoms with Crippen molar-refractivity contribution in [2.24, 2.45) is 5.18 Å². The van der Waals surface area contributed by atoms with Crippen LogP contribution < -0.4 is 5.32 Å². The fraction of sp³-hybridized carbons (Fsp3) is 0.389. The monoisotopic (exact) mass is 328 g/mol. The van der Waals surface area contributed by atoms with Gasteiger partial charge in [-0.15, -0.1) is 11.3 Å². The van der Waals surface area contributed by atoms with Gasteiger partial charge in [0.1, 0.15) is 6.04 Å². The van der Waals surface area contributed by atoms with Crippen molar-refractivity contribution in [1.82, 2.24) is 5.32 Å². The summed E-state index contributed by atoms with van der Waals surface area (Å²) in [5, 5.41) is 8.15. The zero-order chi connectivity index (χ0) is 16.2. The number of nitroso groups, excluding NO2 is 1. The van der Waals surface area contributed by atoms with Crippen LogP contribution in [0.2, 0.25) is 0 Å². The molecule has 23 heavy (non-hydrogen) atoms. The third kappa shape index (κ3) is 3.50. The summed E-state index contributed by atoms with van der Waals surface area (Å²) in [6.07, 6.45) is 3.38. The molecule has 3 rings (SSSR count). The number of carbonyl (C=O) groups excluding carboxylic acids is 1. The summed E-state index contributed by atoms with van der Waals surface area (Å²) in [4.78, 5) is 24.5. The van der Waals surface area contributed by atoms with Crippen LogP contribution in [0.4, 0.5) is 0 Å². The van der Waals surface area contributed by atoms with Crippen LogP contribution in [0.5, 0.6) is 0 Å². The quantitative estimate of drug-likeness (QED) is 0.834. The fourth-order valence-electron chi connectivity index (χ4n) is 3.15. The number of thiophene rings is 1. The van der Waals surface area contributed by atoms with Crippen molar-refractivity contribution in [1.29, 1.82) is 0 Å². The van der Waals surface area contributed by atoms with Gasteiger partial charge in [-0.3, -0.25) is 4.79 Å². The van der Waals surface area contributed by atoms with Gasteiger partial charge >= 0.3 is 0 Å². The Balaban J connectivity index is 1.69. The summed E-state index contributed by atoms with van der Waals surface area (Å²) >= 11 is 1.49. The summed E-state index contributed by atoms with van der Waals surface area (Å²) in [5.74, 6) is -0.0440. The maximum Gasteiger partial charge on any atom is 0.252 e. The van der Waals surface area contributed by atoms with E-state index in [0.717, 1.165) is 41.7 Å². The van der Waals surface area contributed by atoms with E-state index in [1.54, 1.807) is 0 Å². The molecule has 1 aliphatic rings. The lowest BCUT2D eigenvalue weighted by atomic mass is 9.92. The molecule has 1 heterocycles. The number of benzene rings is 1. The number of fused-ring (bicyclic) bond motifs is 1. The lowest BCUT2D eigenvalue weighted by molar-refractivity contribution is 0.0939. The van der Waals surface area contributed by atoms with Crippen LogP contribution in [0, 0.1) is 4.91 Å². The minimum atomic E-state index is -0.271. The highest BCUT2D eigenvalue weighted by molar-refractivity contribution is 7.10. The van der Waals surface area contributed by atoms with Crippen LogP contribution in [-0.4, -0.2) is 11.9 Å². The summed E-state index contributed by atoms with van der Waals surface area (Å²) in [6.45, 7) is 2.01. The number of hydrogen-bond acceptors (Lipinski definition) is 4. The molecule has 1 aromatic heterocycles. The van der Waals surface area contributed by atoms with E-state index < -0.39 is 0 Å². The van der Waals surface area contributed by atoms with Gasteiger partial charge in [0.15, 0.2) is 0 Å². The van der Waals surface area contributed by atoms with Crippen molar-refractivity contribution in [3.05, 3.63) is 62.2 Å². The van der Waals surface area contributed by atoms with Gasteiger partial charge in [0.05, 0.1) is 5.56 Å². The number of rotatable bonds is 5. The first-order valence-corrected chi connectivity index (χ1v) is 8.84. The van der Waals surface area contributed by atoms with E-state index in [1.165, 1.54) is 16.9 Å². The van der Waals surface area contributed by atoms with Crippen molar-refractivity contribution in [3.8, 4) is 0 Å². The first-order chi connectivity index (χ1) is 11.2. The highest BCUT2D eigenvalue weighted by atomic mass is 32.1. The average Bonchev–Trinajstić information content (AvgIpc) is 2.99. The summed E-state index contributed by atoms with van der Waals surface area (Å²) in [7, 11) is 0.